The van der Waals surface area contributed by atoms with Crippen LogP contribution in [-0.2, 0) is 16.1 Å². The van der Waals surface area contributed by atoms with Crippen molar-refractivity contribution in [2.75, 3.05) is 13.1 Å². The summed E-state index contributed by atoms with van der Waals surface area (Å²) in [6.45, 7) is 6.30. The number of piperidine rings is 1. The Bertz CT molecular complexity index is 1050. The number of benzene rings is 1. The lowest BCUT2D eigenvalue weighted by atomic mass is 10.0. The van der Waals surface area contributed by atoms with E-state index in [2.05, 4.69) is 65.7 Å². The molecule has 3 heterocycles. The Kier molecular flexibility index (Phi) is 4.44. The van der Waals surface area contributed by atoms with Gasteiger partial charge in [0.25, 0.3) is 0 Å². The molecule has 2 fully saturated rings. The molecule has 2 aromatic heterocycles. The summed E-state index contributed by atoms with van der Waals surface area (Å²) in [6.07, 6.45) is 4.10. The second-order valence-corrected chi connectivity index (χ2v) is 9.72. The van der Waals surface area contributed by atoms with Crippen molar-refractivity contribution in [3.05, 3.63) is 66.2 Å². The number of pyridine rings is 1. The SMILES string of the molecule is CC(C)(c1ncc2c(SCc3ccccc3)cccn12)N1CC2C(C1)C2C(N)=O. The summed E-state index contributed by atoms with van der Waals surface area (Å²) >= 11 is 1.84. The molecule has 5 nitrogen and oxygen atoms in total. The number of thioether (sulfide) groups is 1. The Morgan fingerprint density at radius 3 is 2.59 bits per heavy atom. The number of hydrogen-bond donors (Lipinski definition) is 1. The molecule has 0 spiro atoms. The number of carbonyl (C=O) groups excluding carboxylic acids is 1. The van der Waals surface area contributed by atoms with E-state index >= 15 is 0 Å². The fourth-order valence-corrected chi connectivity index (χ4v) is 5.84. The summed E-state index contributed by atoms with van der Waals surface area (Å²) in [5, 5.41) is 0. The lowest BCUT2D eigenvalue weighted by Crippen LogP contribution is -2.43. The highest BCUT2D eigenvalue weighted by atomic mass is 32.2. The second kappa shape index (κ2) is 6.89. The van der Waals surface area contributed by atoms with Crippen molar-refractivity contribution in [3.8, 4) is 0 Å². The smallest absolute Gasteiger partial charge is 0.221 e. The molecule has 1 aliphatic carbocycles. The number of hydrogen-bond acceptors (Lipinski definition) is 4. The first-order valence-electron chi connectivity index (χ1n) is 10.1. The normalized spacial score (nSPS) is 24.0. The van der Waals surface area contributed by atoms with Crippen LogP contribution in [0.4, 0.5) is 0 Å². The Labute approximate surface area is 175 Å². The number of imidazole rings is 1. The largest absolute Gasteiger partial charge is 0.369 e. The van der Waals surface area contributed by atoms with Crippen LogP contribution < -0.4 is 5.73 Å². The number of amides is 1. The summed E-state index contributed by atoms with van der Waals surface area (Å²) < 4.78 is 2.23. The van der Waals surface area contributed by atoms with Gasteiger partial charge in [-0.3, -0.25) is 9.69 Å². The number of nitrogens with zero attached hydrogens (tertiary/aromatic N) is 3. The van der Waals surface area contributed by atoms with E-state index in [-0.39, 0.29) is 17.4 Å². The third kappa shape index (κ3) is 3.15. The van der Waals surface area contributed by atoms with Crippen molar-refractivity contribution >= 4 is 23.2 Å². The zero-order valence-electron chi connectivity index (χ0n) is 16.8. The molecule has 2 atom stereocenters. The maximum Gasteiger partial charge on any atom is 0.221 e. The fourth-order valence-electron chi connectivity index (χ4n) is 4.85. The quantitative estimate of drug-likeness (QED) is 0.636. The summed E-state index contributed by atoms with van der Waals surface area (Å²) in [5.74, 6) is 2.79. The van der Waals surface area contributed by atoms with Crippen LogP contribution in [0.5, 0.6) is 0 Å². The van der Waals surface area contributed by atoms with Gasteiger partial charge in [0.15, 0.2) is 0 Å². The van der Waals surface area contributed by atoms with Crippen molar-refractivity contribution in [3.63, 3.8) is 0 Å². The van der Waals surface area contributed by atoms with Gasteiger partial charge in [-0.2, -0.15) is 0 Å². The molecule has 2 N–H and O–H groups in total. The van der Waals surface area contributed by atoms with Gasteiger partial charge in [0.05, 0.1) is 17.3 Å². The lowest BCUT2D eigenvalue weighted by Gasteiger charge is -2.36. The minimum absolute atomic E-state index is 0.0834. The van der Waals surface area contributed by atoms with Crippen LogP contribution in [0.2, 0.25) is 0 Å². The van der Waals surface area contributed by atoms with E-state index in [9.17, 15) is 4.79 Å². The molecule has 2 aliphatic rings. The van der Waals surface area contributed by atoms with Gasteiger partial charge in [0.2, 0.25) is 5.91 Å². The zero-order chi connectivity index (χ0) is 20.2. The Morgan fingerprint density at radius 2 is 1.90 bits per heavy atom. The maximum atomic E-state index is 11.5. The molecule has 1 aromatic carbocycles. The van der Waals surface area contributed by atoms with Gasteiger partial charge in [-0.1, -0.05) is 30.3 Å². The van der Waals surface area contributed by atoms with E-state index in [1.807, 2.05) is 24.0 Å². The van der Waals surface area contributed by atoms with Gasteiger partial charge in [-0.15, -0.1) is 11.8 Å². The summed E-state index contributed by atoms with van der Waals surface area (Å²) in [5.41, 5.74) is 7.79. The lowest BCUT2D eigenvalue weighted by molar-refractivity contribution is -0.120. The molecule has 1 aliphatic heterocycles. The highest BCUT2D eigenvalue weighted by Crippen LogP contribution is 2.54. The summed E-state index contributed by atoms with van der Waals surface area (Å²) in [7, 11) is 0. The van der Waals surface area contributed by atoms with Crippen molar-refractivity contribution in [2.24, 2.45) is 23.5 Å². The van der Waals surface area contributed by atoms with Gasteiger partial charge in [-0.05, 0) is 43.4 Å². The van der Waals surface area contributed by atoms with E-state index in [4.69, 9.17) is 10.7 Å². The fraction of sp³-hybridized carbons (Fsp3) is 0.391. The minimum atomic E-state index is -0.204. The van der Waals surface area contributed by atoms with Gasteiger partial charge in [0.1, 0.15) is 5.82 Å². The molecule has 1 saturated carbocycles. The van der Waals surface area contributed by atoms with Crippen molar-refractivity contribution < 1.29 is 4.79 Å². The number of aromatic nitrogens is 2. The molecule has 29 heavy (non-hydrogen) atoms. The average molecular weight is 407 g/mol. The van der Waals surface area contributed by atoms with Gasteiger partial charge >= 0.3 is 0 Å². The Balaban J connectivity index is 1.38. The highest BCUT2D eigenvalue weighted by molar-refractivity contribution is 7.98. The summed E-state index contributed by atoms with van der Waals surface area (Å²) in [4.78, 5) is 20.1. The monoisotopic (exact) mass is 406 g/mol. The molecule has 1 amide bonds. The maximum absolute atomic E-state index is 11.5. The van der Waals surface area contributed by atoms with Crippen LogP contribution in [-0.4, -0.2) is 33.3 Å². The van der Waals surface area contributed by atoms with E-state index in [1.165, 1.54) is 10.5 Å². The first-order valence-corrected chi connectivity index (χ1v) is 11.1. The topological polar surface area (TPSA) is 63.6 Å². The van der Waals surface area contributed by atoms with Crippen molar-refractivity contribution in [2.45, 2.75) is 30.0 Å². The van der Waals surface area contributed by atoms with E-state index in [0.717, 1.165) is 30.2 Å². The van der Waals surface area contributed by atoms with Crippen LogP contribution in [0.25, 0.3) is 5.52 Å². The van der Waals surface area contributed by atoms with Gasteiger partial charge < -0.3 is 10.1 Å². The van der Waals surface area contributed by atoms with Crippen LogP contribution in [0.15, 0.2) is 59.8 Å². The number of fused-ring (bicyclic) bond motifs is 2. The number of carbonyl (C=O) groups is 1. The van der Waals surface area contributed by atoms with Crippen molar-refractivity contribution in [1.29, 1.82) is 0 Å². The molecule has 1 saturated heterocycles. The second-order valence-electron chi connectivity index (χ2n) is 8.70. The average Bonchev–Trinajstić information content (AvgIpc) is 3.06. The molecular formula is C23H26N4OS. The zero-order valence-corrected chi connectivity index (χ0v) is 17.6. The van der Waals surface area contributed by atoms with E-state index in [0.29, 0.717) is 11.8 Å². The van der Waals surface area contributed by atoms with Gasteiger partial charge in [-0.25, -0.2) is 4.98 Å². The predicted molar refractivity (Wildman–Crippen MR) is 115 cm³/mol. The molecule has 6 heteroatoms. The first-order chi connectivity index (χ1) is 14.0. The molecule has 150 valence electrons. The number of primary amides is 1. The highest BCUT2D eigenvalue weighted by Gasteiger charge is 2.60. The van der Waals surface area contributed by atoms with Crippen LogP contribution in [0.3, 0.4) is 0 Å². The molecule has 5 rings (SSSR count). The Morgan fingerprint density at radius 1 is 1.17 bits per heavy atom. The van der Waals surface area contributed by atoms with Crippen LogP contribution in [0, 0.1) is 17.8 Å². The predicted octanol–water partition coefficient (Wildman–Crippen LogP) is 3.52. The molecule has 0 bridgehead atoms. The number of rotatable bonds is 6. The standard InChI is InChI=1S/C23H26N4OS/c1-23(2,26-12-16-17(13-26)20(16)21(24)28)22-25-11-18-19(9-6-10-27(18)22)29-14-15-7-4-3-5-8-15/h3-11,16-17,20H,12-14H2,1-2H3,(H2,24,28). The Hall–Kier alpha value is -2.31. The summed E-state index contributed by atoms with van der Waals surface area (Å²) in [6, 6.07) is 14.8. The van der Waals surface area contributed by atoms with E-state index in [1.54, 1.807) is 0 Å². The molecule has 3 aromatic rings. The van der Waals surface area contributed by atoms with Gasteiger partial charge in [0, 0.05) is 35.9 Å². The number of likely N-dealkylation sites (tertiary alicyclic amines) is 1. The molecule has 2 unspecified atom stereocenters. The molecule has 0 radical (unpaired) electrons. The van der Waals surface area contributed by atoms with E-state index < -0.39 is 0 Å². The molecular weight excluding hydrogens is 380 g/mol. The third-order valence-corrected chi connectivity index (χ3v) is 7.76. The third-order valence-electron chi connectivity index (χ3n) is 6.63. The van der Waals surface area contributed by atoms with Crippen LogP contribution in [0.1, 0.15) is 25.2 Å². The van der Waals surface area contributed by atoms with Crippen molar-refractivity contribution in [1.82, 2.24) is 14.3 Å². The first kappa shape index (κ1) is 18.7. The van der Waals surface area contributed by atoms with Crippen LogP contribution >= 0.6 is 11.8 Å². The number of nitrogens with two attached hydrogens (primary N) is 1. The minimum Gasteiger partial charge on any atom is -0.369 e.